The van der Waals surface area contributed by atoms with Gasteiger partial charge in [0, 0.05) is 0 Å². The zero-order valence-electron chi connectivity index (χ0n) is 4.87. The fourth-order valence-electron chi connectivity index (χ4n) is 0.483. The van der Waals surface area contributed by atoms with Crippen LogP contribution in [-0.2, 0) is 9.53 Å². The van der Waals surface area contributed by atoms with Gasteiger partial charge < -0.3 is 4.74 Å². The summed E-state index contributed by atoms with van der Waals surface area (Å²) in [6.07, 6.45) is 0. The lowest BCUT2D eigenvalue weighted by Gasteiger charge is -1.87. The van der Waals surface area contributed by atoms with E-state index in [1.165, 1.54) is 11.3 Å². The first kappa shape index (κ1) is 6.95. The summed E-state index contributed by atoms with van der Waals surface area (Å²) in [6, 6.07) is 3.27. The standard InChI is InChI=1S/C6H3O3S/c7-4-9-6(8)5-2-1-3-10-5/h1-3H. The van der Waals surface area contributed by atoms with Crippen LogP contribution in [0.2, 0.25) is 0 Å². The van der Waals surface area contributed by atoms with Crippen LogP contribution in [0, 0.1) is 0 Å². The molecule has 1 radical (unpaired) electrons. The summed E-state index contributed by atoms with van der Waals surface area (Å²) in [4.78, 5) is 20.6. The van der Waals surface area contributed by atoms with Gasteiger partial charge in [0.2, 0.25) is 0 Å². The molecule has 0 aliphatic rings. The molecule has 0 saturated carbocycles. The van der Waals surface area contributed by atoms with Crippen molar-refractivity contribution in [2.24, 2.45) is 0 Å². The number of carbonyl (C=O) groups is 1. The largest absolute Gasteiger partial charge is 0.425 e. The summed E-state index contributed by atoms with van der Waals surface area (Å²) < 4.78 is 3.95. The van der Waals surface area contributed by atoms with Crippen LogP contribution in [0.1, 0.15) is 9.67 Å². The van der Waals surface area contributed by atoms with Gasteiger partial charge >= 0.3 is 12.4 Å². The molecule has 0 amide bonds. The average Bonchev–Trinajstić information content (AvgIpc) is 2.38. The molecule has 51 valence electrons. The molecule has 0 aromatic carbocycles. The summed E-state index contributed by atoms with van der Waals surface area (Å²) in [5.74, 6) is -0.648. The van der Waals surface area contributed by atoms with Crippen LogP contribution in [0.25, 0.3) is 0 Å². The minimum Gasteiger partial charge on any atom is -0.380 e. The number of rotatable bonds is 2. The normalized spacial score (nSPS) is 8.80. The van der Waals surface area contributed by atoms with Crippen molar-refractivity contribution >= 4 is 23.8 Å². The van der Waals surface area contributed by atoms with Gasteiger partial charge in [0.25, 0.3) is 0 Å². The number of esters is 1. The maximum Gasteiger partial charge on any atom is 0.425 e. The molecule has 1 aromatic heterocycles. The van der Waals surface area contributed by atoms with Gasteiger partial charge in [-0.1, -0.05) is 6.07 Å². The quantitative estimate of drug-likeness (QED) is 0.472. The van der Waals surface area contributed by atoms with Crippen molar-refractivity contribution < 1.29 is 14.3 Å². The molecule has 0 spiro atoms. The van der Waals surface area contributed by atoms with E-state index in [1.54, 1.807) is 17.5 Å². The number of hydrogen-bond acceptors (Lipinski definition) is 4. The first-order valence-corrected chi connectivity index (χ1v) is 3.34. The van der Waals surface area contributed by atoms with Gasteiger partial charge in [-0.05, 0) is 11.4 Å². The van der Waals surface area contributed by atoms with Gasteiger partial charge in [-0.25, -0.2) is 9.59 Å². The maximum atomic E-state index is 10.6. The Bertz CT molecular complexity index is 227. The molecule has 1 heterocycles. The highest BCUT2D eigenvalue weighted by atomic mass is 32.1. The summed E-state index contributed by atoms with van der Waals surface area (Å²) in [6.45, 7) is 1.06. The first-order valence-electron chi connectivity index (χ1n) is 2.46. The van der Waals surface area contributed by atoms with Gasteiger partial charge in [-0.15, -0.1) is 11.3 Å². The highest BCUT2D eigenvalue weighted by Gasteiger charge is 2.06. The lowest BCUT2D eigenvalue weighted by Crippen LogP contribution is -1.99. The number of ether oxygens (including phenoxy) is 1. The molecule has 0 unspecified atom stereocenters. The fraction of sp³-hybridized carbons (Fsp3) is 0. The second-order valence-electron chi connectivity index (χ2n) is 1.45. The van der Waals surface area contributed by atoms with Crippen LogP contribution >= 0.6 is 11.3 Å². The predicted octanol–water partition coefficient (Wildman–Crippen LogP) is 0.972. The van der Waals surface area contributed by atoms with Crippen molar-refractivity contribution in [1.82, 2.24) is 0 Å². The van der Waals surface area contributed by atoms with Gasteiger partial charge in [-0.2, -0.15) is 0 Å². The molecule has 1 aromatic rings. The second kappa shape index (κ2) is 3.12. The first-order chi connectivity index (χ1) is 4.84. The summed E-state index contributed by atoms with van der Waals surface area (Å²) >= 11 is 1.22. The summed E-state index contributed by atoms with van der Waals surface area (Å²) in [7, 11) is 0. The molecule has 0 aliphatic heterocycles. The molecule has 1 rings (SSSR count). The molecule has 0 saturated heterocycles. The second-order valence-corrected chi connectivity index (χ2v) is 2.40. The van der Waals surface area contributed by atoms with E-state index in [0.717, 1.165) is 6.47 Å². The van der Waals surface area contributed by atoms with E-state index in [2.05, 4.69) is 4.74 Å². The lowest BCUT2D eigenvalue weighted by molar-refractivity contribution is 0.0715. The van der Waals surface area contributed by atoms with Crippen molar-refractivity contribution in [2.75, 3.05) is 0 Å². The van der Waals surface area contributed by atoms with Crippen LogP contribution in [0.4, 0.5) is 0 Å². The fourth-order valence-corrected chi connectivity index (χ4v) is 1.08. The maximum absolute atomic E-state index is 10.6. The molecule has 0 bridgehead atoms. The van der Waals surface area contributed by atoms with Crippen molar-refractivity contribution in [3.8, 4) is 0 Å². The number of hydrogen-bond donors (Lipinski definition) is 0. The Morgan fingerprint density at radius 1 is 1.70 bits per heavy atom. The molecular formula is C6H3O3S. The Labute approximate surface area is 61.2 Å². The topological polar surface area (TPSA) is 43.4 Å². The van der Waals surface area contributed by atoms with Gasteiger partial charge in [-0.3, -0.25) is 0 Å². The van der Waals surface area contributed by atoms with Crippen LogP contribution in [0.5, 0.6) is 0 Å². The molecule has 10 heavy (non-hydrogen) atoms. The molecule has 0 N–H and O–H groups in total. The third-order valence-corrected chi connectivity index (χ3v) is 1.71. The smallest absolute Gasteiger partial charge is 0.380 e. The number of carbonyl (C=O) groups excluding carboxylic acids is 2. The van der Waals surface area contributed by atoms with Gasteiger partial charge in [0.1, 0.15) is 4.88 Å². The number of thiophene rings is 1. The van der Waals surface area contributed by atoms with E-state index in [0.29, 0.717) is 4.88 Å². The molecule has 0 aliphatic carbocycles. The molecule has 0 atom stereocenters. The van der Waals surface area contributed by atoms with Gasteiger partial charge in [0.15, 0.2) is 0 Å². The van der Waals surface area contributed by atoms with Crippen molar-refractivity contribution in [1.29, 1.82) is 0 Å². The average molecular weight is 155 g/mol. The lowest BCUT2D eigenvalue weighted by atomic mass is 10.5. The van der Waals surface area contributed by atoms with E-state index in [-0.39, 0.29) is 0 Å². The van der Waals surface area contributed by atoms with Crippen molar-refractivity contribution in [3.63, 3.8) is 0 Å². The van der Waals surface area contributed by atoms with E-state index in [1.807, 2.05) is 0 Å². The third kappa shape index (κ3) is 1.41. The molecule has 4 heteroatoms. The highest BCUT2D eigenvalue weighted by Crippen LogP contribution is 2.08. The monoisotopic (exact) mass is 155 g/mol. The highest BCUT2D eigenvalue weighted by molar-refractivity contribution is 7.12. The zero-order chi connectivity index (χ0) is 7.40. The van der Waals surface area contributed by atoms with Gasteiger partial charge in [0.05, 0.1) is 0 Å². The summed E-state index contributed by atoms with van der Waals surface area (Å²) in [5.41, 5.74) is 0. The van der Waals surface area contributed by atoms with E-state index in [9.17, 15) is 9.59 Å². The van der Waals surface area contributed by atoms with E-state index in [4.69, 9.17) is 0 Å². The Morgan fingerprint density at radius 3 is 3.00 bits per heavy atom. The third-order valence-electron chi connectivity index (χ3n) is 0.857. The Hall–Kier alpha value is -1.16. The SMILES string of the molecule is O=[C]OC(=O)c1cccs1. The van der Waals surface area contributed by atoms with E-state index >= 15 is 0 Å². The predicted molar refractivity (Wildman–Crippen MR) is 35.4 cm³/mol. The minimum atomic E-state index is -0.648. The van der Waals surface area contributed by atoms with Crippen LogP contribution in [-0.4, -0.2) is 12.4 Å². The molecule has 3 nitrogen and oxygen atoms in total. The Kier molecular flexibility index (Phi) is 2.17. The van der Waals surface area contributed by atoms with Crippen molar-refractivity contribution in [3.05, 3.63) is 22.4 Å². The van der Waals surface area contributed by atoms with Crippen LogP contribution in [0.3, 0.4) is 0 Å². The zero-order valence-corrected chi connectivity index (χ0v) is 5.68. The van der Waals surface area contributed by atoms with Crippen LogP contribution in [0.15, 0.2) is 17.5 Å². The minimum absolute atomic E-state index is 0.406. The Morgan fingerprint density at radius 2 is 2.50 bits per heavy atom. The van der Waals surface area contributed by atoms with Crippen molar-refractivity contribution in [2.45, 2.75) is 0 Å². The molecule has 0 fully saturated rings. The molecular weight excluding hydrogens is 152 g/mol. The van der Waals surface area contributed by atoms with E-state index < -0.39 is 5.97 Å². The summed E-state index contributed by atoms with van der Waals surface area (Å²) in [5, 5.41) is 1.72. The Balaban J connectivity index is 2.68. The van der Waals surface area contributed by atoms with Crippen LogP contribution < -0.4 is 0 Å².